The summed E-state index contributed by atoms with van der Waals surface area (Å²) in [4.78, 5) is 20.7. The minimum Gasteiger partial charge on any atom is -0.454 e. The normalized spacial score (nSPS) is 17.3. The van der Waals surface area contributed by atoms with Gasteiger partial charge in [-0.1, -0.05) is 203 Å². The predicted octanol–water partition coefficient (Wildman–Crippen LogP) is 15.6. The molecule has 9 aromatic rings. The van der Waals surface area contributed by atoms with Crippen LogP contribution in [0.3, 0.4) is 0 Å². The van der Waals surface area contributed by atoms with Crippen LogP contribution in [0.2, 0.25) is 0 Å². The van der Waals surface area contributed by atoms with Crippen LogP contribution in [0.4, 0.5) is 0 Å². The van der Waals surface area contributed by atoms with Gasteiger partial charge in [-0.3, -0.25) is 0 Å². The van der Waals surface area contributed by atoms with Crippen molar-refractivity contribution in [2.45, 2.75) is 70.4 Å². The number of hydrogen-bond donors (Lipinski definition) is 0. The highest BCUT2D eigenvalue weighted by Gasteiger charge is 2.45. The lowest BCUT2D eigenvalue weighted by atomic mass is 9.74. The molecule has 13 rings (SSSR count). The Bertz CT molecular complexity index is 3490. The summed E-state index contributed by atoms with van der Waals surface area (Å²) >= 11 is 3.62. The van der Waals surface area contributed by atoms with Gasteiger partial charge in [-0.05, 0) is 75.2 Å². The van der Waals surface area contributed by atoms with Crippen molar-refractivity contribution in [3.05, 3.63) is 209 Å². The molecule has 0 radical (unpaired) electrons. The van der Waals surface area contributed by atoms with Crippen LogP contribution < -0.4 is 4.74 Å². The Morgan fingerprint density at radius 1 is 0.369 bits per heavy atom. The minimum atomic E-state index is -0.342. The van der Waals surface area contributed by atoms with Crippen LogP contribution in [0.25, 0.3) is 56.4 Å². The first kappa shape index (κ1) is 38.7. The van der Waals surface area contributed by atoms with E-state index in [4.69, 9.17) is 19.7 Å². The largest absolute Gasteiger partial charge is 0.454 e. The first-order valence-corrected chi connectivity index (χ1v) is 24.0. The molecule has 0 saturated carbocycles. The summed E-state index contributed by atoms with van der Waals surface area (Å²) in [7, 11) is 0. The molecular formula is C59H43N3OS2. The van der Waals surface area contributed by atoms with E-state index in [1.165, 1.54) is 65.4 Å². The summed E-state index contributed by atoms with van der Waals surface area (Å²) in [5.41, 5.74) is 16.2. The monoisotopic (exact) mass is 873 g/mol. The molecule has 0 spiro atoms. The first-order valence-electron chi connectivity index (χ1n) is 22.4. The number of rotatable bonds is 4. The molecule has 1 unspecified atom stereocenters. The van der Waals surface area contributed by atoms with Crippen LogP contribution >= 0.6 is 23.5 Å². The number of ether oxygens (including phenoxy) is 1. The Morgan fingerprint density at radius 3 is 1.69 bits per heavy atom. The van der Waals surface area contributed by atoms with Crippen LogP contribution in [0.1, 0.15) is 73.6 Å². The second-order valence-electron chi connectivity index (χ2n) is 18.8. The van der Waals surface area contributed by atoms with Gasteiger partial charge in [0.05, 0.1) is 15.4 Å². The third-order valence-corrected chi connectivity index (χ3v) is 16.9. The van der Waals surface area contributed by atoms with Crippen molar-refractivity contribution in [2.75, 3.05) is 0 Å². The van der Waals surface area contributed by atoms with Gasteiger partial charge in [-0.2, -0.15) is 0 Å². The molecule has 65 heavy (non-hydrogen) atoms. The van der Waals surface area contributed by atoms with E-state index < -0.39 is 0 Å². The summed E-state index contributed by atoms with van der Waals surface area (Å²) in [6, 6.07) is 61.2. The zero-order chi connectivity index (χ0) is 43.8. The molecule has 0 amide bonds. The molecule has 1 atom stereocenters. The van der Waals surface area contributed by atoms with Gasteiger partial charge in [0.2, 0.25) is 0 Å². The third-order valence-electron chi connectivity index (χ3n) is 14.6. The maximum atomic E-state index is 7.30. The number of fused-ring (bicyclic) bond motifs is 12. The molecule has 4 aliphatic rings. The van der Waals surface area contributed by atoms with Crippen LogP contribution in [-0.2, 0) is 16.2 Å². The number of benzene rings is 8. The van der Waals surface area contributed by atoms with E-state index in [0.29, 0.717) is 17.5 Å². The van der Waals surface area contributed by atoms with Gasteiger partial charge >= 0.3 is 0 Å². The summed E-state index contributed by atoms with van der Waals surface area (Å²) in [6.07, 6.45) is 0. The van der Waals surface area contributed by atoms with Crippen molar-refractivity contribution in [1.82, 2.24) is 15.0 Å². The summed E-state index contributed by atoms with van der Waals surface area (Å²) in [5, 5.41) is 0. The Kier molecular flexibility index (Phi) is 8.27. The minimum absolute atomic E-state index is 0.0974. The molecule has 2 aliphatic heterocycles. The number of nitrogens with zero attached hydrogens (tertiary/aromatic N) is 3. The summed E-state index contributed by atoms with van der Waals surface area (Å²) in [5.74, 6) is 3.47. The number of para-hydroxylation sites is 1. The smallest absolute Gasteiger partial charge is 0.167 e. The third kappa shape index (κ3) is 5.44. The zero-order valence-electron chi connectivity index (χ0n) is 36.7. The highest BCUT2D eigenvalue weighted by molar-refractivity contribution is 8.00. The molecule has 3 heterocycles. The van der Waals surface area contributed by atoms with Gasteiger partial charge < -0.3 is 4.74 Å². The fourth-order valence-corrected chi connectivity index (χ4v) is 13.8. The summed E-state index contributed by atoms with van der Waals surface area (Å²) < 4.78 is 7.30. The van der Waals surface area contributed by atoms with Gasteiger partial charge in [0.1, 0.15) is 5.75 Å². The molecular weight excluding hydrogens is 831 g/mol. The predicted molar refractivity (Wildman–Crippen MR) is 264 cm³/mol. The van der Waals surface area contributed by atoms with Crippen molar-refractivity contribution in [3.63, 3.8) is 0 Å². The van der Waals surface area contributed by atoms with Crippen LogP contribution in [0.5, 0.6) is 11.5 Å². The Morgan fingerprint density at radius 2 is 0.908 bits per heavy atom. The second-order valence-corrected chi connectivity index (χ2v) is 20.9. The molecule has 2 aliphatic carbocycles. The van der Waals surface area contributed by atoms with Gasteiger partial charge in [-0.15, -0.1) is 0 Å². The van der Waals surface area contributed by atoms with Crippen molar-refractivity contribution in [1.29, 1.82) is 0 Å². The van der Waals surface area contributed by atoms with Gasteiger partial charge in [0.25, 0.3) is 0 Å². The lowest BCUT2D eigenvalue weighted by Gasteiger charge is -2.37. The van der Waals surface area contributed by atoms with E-state index in [2.05, 4.69) is 186 Å². The maximum Gasteiger partial charge on any atom is 0.167 e. The zero-order valence-corrected chi connectivity index (χ0v) is 38.4. The number of hydrogen-bond acceptors (Lipinski definition) is 6. The standard InChI is InChI=1S/C59H43N3OS2/c1-57(2)40-26-14-12-22-36(40)49-42(57)30-31-45-53(49)65-52-39(25-16-28-44(52)58(45,3)4)56-61-54(34-18-8-6-9-19-34)60-55(62-56)38-24-17-29-46-50(38)63-51-47(64-46)33-32-43-48(51)37-23-13-15-27-41(37)59(43,5)35-20-10-7-11-21-35/h6-33H,1-5H3. The number of aromatic nitrogens is 3. The van der Waals surface area contributed by atoms with Crippen molar-refractivity contribution in [2.24, 2.45) is 0 Å². The average molecular weight is 874 g/mol. The Labute approximate surface area is 388 Å². The SMILES string of the molecule is CC1(C)c2cccc(-c3nc(-c4ccccc4)nc(-c4cccc5c4Oc4c(ccc6c4-c4ccccc4C6(C)c4ccccc4)S5)n3)c2Sc2c1ccc1c2-c2ccccc2C1(C)C. The molecule has 6 heteroatoms. The first-order chi connectivity index (χ1) is 31.6. The van der Waals surface area contributed by atoms with E-state index in [1.54, 1.807) is 11.8 Å². The van der Waals surface area contributed by atoms with E-state index in [-0.39, 0.29) is 16.2 Å². The van der Waals surface area contributed by atoms with Crippen LogP contribution in [0, 0.1) is 0 Å². The van der Waals surface area contributed by atoms with Crippen LogP contribution in [-0.4, -0.2) is 15.0 Å². The molecule has 1 aromatic heterocycles. The molecule has 312 valence electrons. The second kappa shape index (κ2) is 13.9. The molecule has 0 bridgehead atoms. The molecule has 4 nitrogen and oxygen atoms in total. The van der Waals surface area contributed by atoms with Crippen molar-refractivity contribution < 1.29 is 4.74 Å². The highest BCUT2D eigenvalue weighted by atomic mass is 32.2. The lowest BCUT2D eigenvalue weighted by Crippen LogP contribution is -2.25. The highest BCUT2D eigenvalue weighted by Crippen LogP contribution is 2.62. The molecule has 8 aromatic carbocycles. The van der Waals surface area contributed by atoms with Gasteiger partial charge in [0, 0.05) is 48.3 Å². The fourth-order valence-electron chi connectivity index (χ4n) is 11.1. The molecule has 0 N–H and O–H groups in total. The molecule has 0 saturated heterocycles. The van der Waals surface area contributed by atoms with E-state index in [1.807, 2.05) is 30.0 Å². The average Bonchev–Trinajstić information content (AvgIpc) is 3.75. The lowest BCUT2D eigenvalue weighted by molar-refractivity contribution is 0.457. The van der Waals surface area contributed by atoms with E-state index in [0.717, 1.165) is 43.5 Å². The van der Waals surface area contributed by atoms with E-state index >= 15 is 0 Å². The van der Waals surface area contributed by atoms with Crippen LogP contribution in [0.15, 0.2) is 189 Å². The van der Waals surface area contributed by atoms with Gasteiger partial charge in [0.15, 0.2) is 23.2 Å². The van der Waals surface area contributed by atoms with E-state index in [9.17, 15) is 0 Å². The van der Waals surface area contributed by atoms with Crippen molar-refractivity contribution >= 4 is 23.5 Å². The Balaban J connectivity index is 0.984. The van der Waals surface area contributed by atoms with Gasteiger partial charge in [-0.25, -0.2) is 15.0 Å². The maximum absolute atomic E-state index is 7.30. The van der Waals surface area contributed by atoms with Crippen molar-refractivity contribution in [3.8, 4) is 67.9 Å². The Hall–Kier alpha value is -6.73. The summed E-state index contributed by atoms with van der Waals surface area (Å²) in [6.45, 7) is 11.8. The topological polar surface area (TPSA) is 47.9 Å². The quantitative estimate of drug-likeness (QED) is 0.176. The molecule has 0 fully saturated rings. The fraction of sp³-hybridized carbons (Fsp3) is 0.136.